The van der Waals surface area contributed by atoms with Gasteiger partial charge < -0.3 is 5.43 Å². The van der Waals surface area contributed by atoms with E-state index >= 15 is 0 Å². The number of hydrogen-bond acceptors (Lipinski definition) is 4. The van der Waals surface area contributed by atoms with E-state index in [1.165, 1.54) is 5.56 Å². The summed E-state index contributed by atoms with van der Waals surface area (Å²) in [5, 5.41) is 0. The highest BCUT2D eigenvalue weighted by molar-refractivity contribution is 5.44. The lowest BCUT2D eigenvalue weighted by Crippen LogP contribution is -2.19. The van der Waals surface area contributed by atoms with Crippen LogP contribution in [0.5, 0.6) is 0 Å². The summed E-state index contributed by atoms with van der Waals surface area (Å²) in [5.41, 5.74) is 3.62. The van der Waals surface area contributed by atoms with Gasteiger partial charge in [0.2, 0.25) is 0 Å². The van der Waals surface area contributed by atoms with E-state index in [0.29, 0.717) is 11.5 Å². The van der Waals surface area contributed by atoms with Gasteiger partial charge in [0.25, 0.3) is 0 Å². The standard InChI is InChI=1S/C14H15FN4/c1-9-11(15)12(19-16)18-13(17-9)14(7-8-14)10-5-3-2-4-6-10/h2-6H,7-8,16H2,1H3,(H,17,18,19). The van der Waals surface area contributed by atoms with Crippen molar-refractivity contribution in [1.82, 2.24) is 9.97 Å². The quantitative estimate of drug-likeness (QED) is 0.655. The predicted molar refractivity (Wildman–Crippen MR) is 71.0 cm³/mol. The van der Waals surface area contributed by atoms with Crippen LogP contribution in [0.1, 0.15) is 29.9 Å². The molecule has 0 amide bonds. The van der Waals surface area contributed by atoms with Crippen LogP contribution >= 0.6 is 0 Å². The van der Waals surface area contributed by atoms with Gasteiger partial charge >= 0.3 is 0 Å². The first-order valence-corrected chi connectivity index (χ1v) is 6.24. The van der Waals surface area contributed by atoms with Gasteiger partial charge in [0, 0.05) is 0 Å². The number of halogens is 1. The summed E-state index contributed by atoms with van der Waals surface area (Å²) in [6, 6.07) is 10.1. The van der Waals surface area contributed by atoms with Crippen molar-refractivity contribution in [2.75, 3.05) is 5.43 Å². The van der Waals surface area contributed by atoms with Gasteiger partial charge in [-0.25, -0.2) is 20.2 Å². The van der Waals surface area contributed by atoms with Gasteiger partial charge in [-0.05, 0) is 25.3 Å². The number of aromatic nitrogens is 2. The lowest BCUT2D eigenvalue weighted by Gasteiger charge is -2.16. The van der Waals surface area contributed by atoms with Crippen LogP contribution in [0.25, 0.3) is 0 Å². The summed E-state index contributed by atoms with van der Waals surface area (Å²) in [7, 11) is 0. The first-order chi connectivity index (χ1) is 9.17. The number of nitrogens with one attached hydrogen (secondary N) is 1. The Labute approximate surface area is 110 Å². The molecule has 0 bridgehead atoms. The molecule has 1 fully saturated rings. The van der Waals surface area contributed by atoms with Crippen LogP contribution in [-0.2, 0) is 5.41 Å². The van der Waals surface area contributed by atoms with Crippen LogP contribution in [0, 0.1) is 12.7 Å². The molecule has 1 aliphatic carbocycles. The number of benzene rings is 1. The highest BCUT2D eigenvalue weighted by Crippen LogP contribution is 2.52. The van der Waals surface area contributed by atoms with Crippen LogP contribution < -0.4 is 11.3 Å². The van der Waals surface area contributed by atoms with Crippen molar-refractivity contribution in [2.24, 2.45) is 5.84 Å². The molecule has 5 heteroatoms. The summed E-state index contributed by atoms with van der Waals surface area (Å²) < 4.78 is 13.7. The maximum absolute atomic E-state index is 13.7. The molecule has 1 saturated carbocycles. The third-order valence-electron chi connectivity index (χ3n) is 3.66. The summed E-state index contributed by atoms with van der Waals surface area (Å²) in [4.78, 5) is 8.55. The van der Waals surface area contributed by atoms with E-state index in [-0.39, 0.29) is 11.2 Å². The molecular formula is C14H15FN4. The minimum atomic E-state index is -0.491. The molecule has 0 spiro atoms. The maximum Gasteiger partial charge on any atom is 0.187 e. The Bertz CT molecular complexity index is 608. The Morgan fingerprint density at radius 2 is 1.89 bits per heavy atom. The number of aryl methyl sites for hydroxylation is 1. The van der Waals surface area contributed by atoms with Crippen molar-refractivity contribution in [3.63, 3.8) is 0 Å². The molecule has 3 rings (SSSR count). The van der Waals surface area contributed by atoms with Crippen LogP contribution in [-0.4, -0.2) is 9.97 Å². The molecule has 0 unspecified atom stereocenters. The lowest BCUT2D eigenvalue weighted by atomic mass is 9.95. The van der Waals surface area contributed by atoms with Gasteiger partial charge in [0.05, 0.1) is 11.1 Å². The monoisotopic (exact) mass is 258 g/mol. The van der Waals surface area contributed by atoms with Crippen molar-refractivity contribution in [1.29, 1.82) is 0 Å². The molecule has 3 N–H and O–H groups in total. The molecule has 0 saturated heterocycles. The van der Waals surface area contributed by atoms with Crippen molar-refractivity contribution < 1.29 is 4.39 Å². The fourth-order valence-corrected chi connectivity index (χ4v) is 2.39. The summed E-state index contributed by atoms with van der Waals surface area (Å²) in [6.45, 7) is 1.63. The third-order valence-corrected chi connectivity index (χ3v) is 3.66. The minimum Gasteiger partial charge on any atom is -0.306 e. The molecule has 0 atom stereocenters. The first kappa shape index (κ1) is 12.0. The summed E-state index contributed by atoms with van der Waals surface area (Å²) in [6.07, 6.45) is 1.96. The summed E-state index contributed by atoms with van der Waals surface area (Å²) >= 11 is 0. The number of nitrogen functional groups attached to an aromatic ring is 1. The second kappa shape index (κ2) is 4.28. The van der Waals surface area contributed by atoms with Gasteiger partial charge in [0.1, 0.15) is 5.82 Å². The minimum absolute atomic E-state index is 0.0599. The number of hydrogen-bond donors (Lipinski definition) is 2. The molecule has 1 aromatic carbocycles. The van der Waals surface area contributed by atoms with Crippen LogP contribution in [0.4, 0.5) is 10.2 Å². The highest BCUT2D eigenvalue weighted by Gasteiger charge is 2.49. The Balaban J connectivity index is 2.10. The molecule has 2 aromatic rings. The Hall–Kier alpha value is -2.01. The lowest BCUT2D eigenvalue weighted by molar-refractivity contribution is 0.593. The molecule has 0 radical (unpaired) electrons. The Morgan fingerprint density at radius 1 is 1.21 bits per heavy atom. The molecule has 1 heterocycles. The number of nitrogens with two attached hydrogens (primary N) is 1. The van der Waals surface area contributed by atoms with Gasteiger partial charge in [-0.15, -0.1) is 0 Å². The molecule has 1 aliphatic rings. The van der Waals surface area contributed by atoms with Crippen LogP contribution in [0.3, 0.4) is 0 Å². The van der Waals surface area contributed by atoms with E-state index in [0.717, 1.165) is 12.8 Å². The molecule has 1 aromatic heterocycles. The molecule has 0 aliphatic heterocycles. The van der Waals surface area contributed by atoms with Gasteiger partial charge in [-0.3, -0.25) is 0 Å². The van der Waals surface area contributed by atoms with E-state index in [1.54, 1.807) is 6.92 Å². The Kier molecular flexibility index (Phi) is 2.71. The third kappa shape index (κ3) is 1.86. The number of anilines is 1. The largest absolute Gasteiger partial charge is 0.306 e. The van der Waals surface area contributed by atoms with Gasteiger partial charge in [0.15, 0.2) is 11.6 Å². The van der Waals surface area contributed by atoms with E-state index in [2.05, 4.69) is 27.5 Å². The molecule has 4 nitrogen and oxygen atoms in total. The molecular weight excluding hydrogens is 243 g/mol. The normalized spacial score (nSPS) is 16.2. The maximum atomic E-state index is 13.7. The first-order valence-electron chi connectivity index (χ1n) is 6.24. The van der Waals surface area contributed by atoms with Crippen LogP contribution in [0.2, 0.25) is 0 Å². The fraction of sp³-hybridized carbons (Fsp3) is 0.286. The van der Waals surface area contributed by atoms with Crippen molar-refractivity contribution in [3.05, 3.63) is 53.2 Å². The van der Waals surface area contributed by atoms with Crippen LogP contribution in [0.15, 0.2) is 30.3 Å². The predicted octanol–water partition coefficient (Wildman–Crippen LogP) is 2.29. The topological polar surface area (TPSA) is 63.8 Å². The number of hydrazine groups is 1. The van der Waals surface area contributed by atoms with E-state index in [1.807, 2.05) is 18.2 Å². The average Bonchev–Trinajstić information content (AvgIpc) is 3.24. The van der Waals surface area contributed by atoms with Crippen molar-refractivity contribution >= 4 is 5.82 Å². The highest BCUT2D eigenvalue weighted by atomic mass is 19.1. The van der Waals surface area contributed by atoms with E-state index < -0.39 is 5.82 Å². The number of rotatable bonds is 3. The zero-order valence-electron chi connectivity index (χ0n) is 10.7. The fourth-order valence-electron chi connectivity index (χ4n) is 2.39. The van der Waals surface area contributed by atoms with Gasteiger partial charge in [-0.1, -0.05) is 30.3 Å². The van der Waals surface area contributed by atoms with E-state index in [4.69, 9.17) is 5.84 Å². The number of nitrogens with zero attached hydrogens (tertiary/aromatic N) is 2. The van der Waals surface area contributed by atoms with E-state index in [9.17, 15) is 4.39 Å². The average molecular weight is 258 g/mol. The second-order valence-corrected chi connectivity index (χ2v) is 4.89. The zero-order chi connectivity index (χ0) is 13.5. The molecule has 19 heavy (non-hydrogen) atoms. The summed E-state index contributed by atoms with van der Waals surface area (Å²) in [5.74, 6) is 5.52. The SMILES string of the molecule is Cc1nc(C2(c3ccccc3)CC2)nc(NN)c1F. The zero-order valence-corrected chi connectivity index (χ0v) is 10.7. The second-order valence-electron chi connectivity index (χ2n) is 4.89. The van der Waals surface area contributed by atoms with Crippen molar-refractivity contribution in [2.45, 2.75) is 25.2 Å². The smallest absolute Gasteiger partial charge is 0.187 e. The van der Waals surface area contributed by atoms with Gasteiger partial charge in [-0.2, -0.15) is 0 Å². The van der Waals surface area contributed by atoms with Crippen molar-refractivity contribution in [3.8, 4) is 0 Å². The molecule has 98 valence electrons. The Morgan fingerprint density at radius 3 is 2.47 bits per heavy atom.